The van der Waals surface area contributed by atoms with E-state index in [1.807, 2.05) is 42.5 Å². The van der Waals surface area contributed by atoms with E-state index >= 15 is 0 Å². The molecule has 0 aliphatic rings. The zero-order valence-electron chi connectivity index (χ0n) is 10.5. The average molecular weight is 255 g/mol. The number of hydrogen-bond donors (Lipinski definition) is 0. The molecule has 3 heteroatoms. The molecule has 19 heavy (non-hydrogen) atoms. The van der Waals surface area contributed by atoms with Crippen LogP contribution in [0.4, 0.5) is 0 Å². The smallest absolute Gasteiger partial charge is 0.293 e. The van der Waals surface area contributed by atoms with Crippen LogP contribution in [0.5, 0.6) is 0 Å². The number of carbonyl (C=O) groups is 1. The number of hydrogen-bond acceptors (Lipinski definition) is 3. The highest BCUT2D eigenvalue weighted by Gasteiger charge is 2.08. The largest absolute Gasteiger partial charge is 0.373 e. The van der Waals surface area contributed by atoms with Gasteiger partial charge in [-0.1, -0.05) is 49.4 Å². The number of benzene rings is 2. The van der Waals surface area contributed by atoms with Crippen LogP contribution in [-0.2, 0) is 9.78 Å². The van der Waals surface area contributed by atoms with Crippen LogP contribution in [0.3, 0.4) is 0 Å². The third kappa shape index (κ3) is 3.66. The summed E-state index contributed by atoms with van der Waals surface area (Å²) in [6, 6.07) is 17.2. The van der Waals surface area contributed by atoms with Crippen molar-refractivity contribution in [2.45, 2.75) is 6.42 Å². The Morgan fingerprint density at radius 2 is 1.58 bits per heavy atom. The van der Waals surface area contributed by atoms with Gasteiger partial charge < -0.3 is 0 Å². The van der Waals surface area contributed by atoms with E-state index in [4.69, 9.17) is 4.89 Å². The second kappa shape index (κ2) is 6.71. The van der Waals surface area contributed by atoms with Crippen LogP contribution < -0.4 is 0 Å². The lowest BCUT2D eigenvalue weighted by Crippen LogP contribution is -2.06. The van der Waals surface area contributed by atoms with Gasteiger partial charge in [0.25, 0.3) is 0 Å². The van der Waals surface area contributed by atoms with Gasteiger partial charge in [0.05, 0.1) is 12.2 Å². The van der Waals surface area contributed by atoms with E-state index in [1.165, 1.54) is 0 Å². The molecule has 0 bridgehead atoms. The highest BCUT2D eigenvalue weighted by atomic mass is 17.2. The summed E-state index contributed by atoms with van der Waals surface area (Å²) < 4.78 is 0. The summed E-state index contributed by atoms with van der Waals surface area (Å²) in [4.78, 5) is 20.9. The van der Waals surface area contributed by atoms with Gasteiger partial charge in [0.15, 0.2) is 0 Å². The van der Waals surface area contributed by atoms with Gasteiger partial charge in [0, 0.05) is 0 Å². The van der Waals surface area contributed by atoms with E-state index in [0.717, 1.165) is 11.1 Å². The molecule has 0 aromatic heterocycles. The molecular weight excluding hydrogens is 240 g/mol. The molecule has 2 aromatic carbocycles. The van der Waals surface area contributed by atoms with Crippen molar-refractivity contribution in [3.05, 3.63) is 67.1 Å². The van der Waals surface area contributed by atoms with Gasteiger partial charge in [-0.2, -0.15) is 4.89 Å². The molecule has 2 rings (SSSR count). The fourth-order valence-corrected chi connectivity index (χ4v) is 1.63. The molecule has 2 aromatic rings. The zero-order chi connectivity index (χ0) is 13.5. The van der Waals surface area contributed by atoms with E-state index in [0.29, 0.717) is 18.6 Å². The Balaban J connectivity index is 2.04. The van der Waals surface area contributed by atoms with Gasteiger partial charge in [0.1, 0.15) is 0 Å². The molecule has 0 saturated carbocycles. The summed E-state index contributed by atoms with van der Waals surface area (Å²) in [5.74, 6) is -0.493. The van der Waals surface area contributed by atoms with Crippen molar-refractivity contribution in [1.82, 2.24) is 0 Å². The summed E-state index contributed by atoms with van der Waals surface area (Å²) in [5, 5.41) is 0. The van der Waals surface area contributed by atoms with Crippen LogP contribution in [0.25, 0.3) is 11.1 Å². The lowest BCUT2D eigenvalue weighted by Gasteiger charge is -2.04. The van der Waals surface area contributed by atoms with Gasteiger partial charge in [0.2, 0.25) is 0 Å². The Bertz CT molecular complexity index is 517. The van der Waals surface area contributed by atoms with Gasteiger partial charge in [-0.25, -0.2) is 4.79 Å². The quantitative estimate of drug-likeness (QED) is 0.464. The molecule has 0 atom stereocenters. The molecule has 0 N–H and O–H groups in total. The molecule has 0 heterocycles. The van der Waals surface area contributed by atoms with Crippen molar-refractivity contribution >= 4 is 5.97 Å². The Kier molecular flexibility index (Phi) is 4.70. The molecule has 0 amide bonds. The van der Waals surface area contributed by atoms with Crippen LogP contribution in [0.15, 0.2) is 54.6 Å². The molecule has 0 aliphatic carbocycles. The van der Waals surface area contributed by atoms with Gasteiger partial charge in [-0.05, 0) is 29.7 Å². The predicted molar refractivity (Wildman–Crippen MR) is 73.2 cm³/mol. The maximum absolute atomic E-state index is 11.6. The SMILES string of the molecule is [CH2]CCOOC(=O)c1ccc(-c2ccccc2)cc1. The van der Waals surface area contributed by atoms with E-state index in [-0.39, 0.29) is 0 Å². The maximum atomic E-state index is 11.6. The average Bonchev–Trinajstić information content (AvgIpc) is 2.48. The van der Waals surface area contributed by atoms with E-state index in [9.17, 15) is 4.79 Å². The Morgan fingerprint density at radius 1 is 0.947 bits per heavy atom. The topological polar surface area (TPSA) is 35.5 Å². The number of carbonyl (C=O) groups excluding carboxylic acids is 1. The third-order valence-corrected chi connectivity index (χ3v) is 2.59. The monoisotopic (exact) mass is 255 g/mol. The normalized spacial score (nSPS) is 10.2. The Morgan fingerprint density at radius 3 is 2.21 bits per heavy atom. The van der Waals surface area contributed by atoms with Crippen molar-refractivity contribution < 1.29 is 14.6 Å². The third-order valence-electron chi connectivity index (χ3n) is 2.59. The molecule has 3 nitrogen and oxygen atoms in total. The predicted octanol–water partition coefficient (Wildman–Crippen LogP) is 3.67. The summed E-state index contributed by atoms with van der Waals surface area (Å²) in [7, 11) is 0. The minimum Gasteiger partial charge on any atom is -0.293 e. The van der Waals surface area contributed by atoms with E-state index in [2.05, 4.69) is 11.8 Å². The first-order chi connectivity index (χ1) is 9.31. The number of rotatable bonds is 5. The Labute approximate surface area is 112 Å². The van der Waals surface area contributed by atoms with Crippen molar-refractivity contribution in [2.75, 3.05) is 6.61 Å². The maximum Gasteiger partial charge on any atom is 0.373 e. The van der Waals surface area contributed by atoms with Gasteiger partial charge >= 0.3 is 5.97 Å². The fourth-order valence-electron chi connectivity index (χ4n) is 1.63. The molecule has 0 fully saturated rings. The minimum absolute atomic E-state index is 0.299. The molecule has 0 aliphatic heterocycles. The van der Waals surface area contributed by atoms with Crippen molar-refractivity contribution in [3.63, 3.8) is 0 Å². The van der Waals surface area contributed by atoms with Crippen molar-refractivity contribution in [1.29, 1.82) is 0 Å². The van der Waals surface area contributed by atoms with Gasteiger partial charge in [-0.3, -0.25) is 4.89 Å². The standard InChI is InChI=1S/C16H15O3/c1-2-12-18-19-16(17)15-10-8-14(9-11-15)13-6-4-3-5-7-13/h3-11H,1-2,12H2. The van der Waals surface area contributed by atoms with Crippen LogP contribution >= 0.6 is 0 Å². The van der Waals surface area contributed by atoms with Crippen molar-refractivity contribution in [3.8, 4) is 11.1 Å². The molecule has 0 unspecified atom stereocenters. The first kappa shape index (κ1) is 13.3. The van der Waals surface area contributed by atoms with Crippen LogP contribution in [0.2, 0.25) is 0 Å². The second-order valence-corrected chi connectivity index (χ2v) is 3.99. The lowest BCUT2D eigenvalue weighted by atomic mass is 10.0. The molecule has 97 valence electrons. The van der Waals surface area contributed by atoms with E-state index < -0.39 is 5.97 Å². The summed E-state index contributed by atoms with van der Waals surface area (Å²) >= 11 is 0. The minimum atomic E-state index is -0.493. The van der Waals surface area contributed by atoms with E-state index in [1.54, 1.807) is 12.1 Å². The summed E-state index contributed by atoms with van der Waals surface area (Å²) in [5.41, 5.74) is 2.62. The highest BCUT2D eigenvalue weighted by molar-refractivity contribution is 5.89. The fraction of sp³-hybridized carbons (Fsp3) is 0.125. The first-order valence-electron chi connectivity index (χ1n) is 6.10. The highest BCUT2D eigenvalue weighted by Crippen LogP contribution is 2.19. The van der Waals surface area contributed by atoms with Crippen LogP contribution in [0.1, 0.15) is 16.8 Å². The summed E-state index contributed by atoms with van der Waals surface area (Å²) in [6.45, 7) is 3.88. The Hall–Kier alpha value is -2.13. The summed E-state index contributed by atoms with van der Waals surface area (Å²) in [6.07, 6.45) is 0.556. The lowest BCUT2D eigenvalue weighted by molar-refractivity contribution is -0.239. The first-order valence-corrected chi connectivity index (χ1v) is 6.10. The molecule has 1 radical (unpaired) electrons. The van der Waals surface area contributed by atoms with Crippen LogP contribution in [0, 0.1) is 6.92 Å². The molecule has 0 saturated heterocycles. The van der Waals surface area contributed by atoms with Gasteiger partial charge in [-0.15, -0.1) is 0 Å². The van der Waals surface area contributed by atoms with Crippen molar-refractivity contribution in [2.24, 2.45) is 0 Å². The zero-order valence-corrected chi connectivity index (χ0v) is 10.5. The molecule has 0 spiro atoms. The molecular formula is C16H15O3. The van der Waals surface area contributed by atoms with Crippen LogP contribution in [-0.4, -0.2) is 12.6 Å². The second-order valence-electron chi connectivity index (χ2n) is 3.99.